The second kappa shape index (κ2) is 5.47. The summed E-state index contributed by atoms with van der Waals surface area (Å²) in [7, 11) is 0. The summed E-state index contributed by atoms with van der Waals surface area (Å²) in [4.78, 5) is 15.2. The van der Waals surface area contributed by atoms with E-state index in [4.69, 9.17) is 0 Å². The lowest BCUT2D eigenvalue weighted by Crippen LogP contribution is -2.37. The second-order valence-electron chi connectivity index (χ2n) is 5.48. The smallest absolute Gasteiger partial charge is 0.224 e. The molecule has 0 aliphatic heterocycles. The Morgan fingerprint density at radius 3 is 2.89 bits per heavy atom. The number of carbonyl (C=O) groups excluding carboxylic acids is 1. The van der Waals surface area contributed by atoms with Crippen molar-refractivity contribution in [1.82, 2.24) is 10.3 Å². The second-order valence-corrected chi connectivity index (χ2v) is 5.48. The van der Waals surface area contributed by atoms with E-state index in [2.05, 4.69) is 16.4 Å². The average Bonchev–Trinajstić information content (AvgIpc) is 2.87. The Labute approximate surface area is 113 Å². The van der Waals surface area contributed by atoms with E-state index in [-0.39, 0.29) is 5.91 Å². The minimum Gasteiger partial charge on any atom is -0.361 e. The van der Waals surface area contributed by atoms with Gasteiger partial charge < -0.3 is 10.3 Å². The fraction of sp³-hybridized carbons (Fsp3) is 0.438. The van der Waals surface area contributed by atoms with Crippen molar-refractivity contribution in [1.29, 1.82) is 0 Å². The van der Waals surface area contributed by atoms with Gasteiger partial charge in [0.2, 0.25) is 5.91 Å². The van der Waals surface area contributed by atoms with E-state index in [1.807, 2.05) is 24.4 Å². The summed E-state index contributed by atoms with van der Waals surface area (Å²) in [6.45, 7) is 0. The number of carbonyl (C=O) groups is 1. The zero-order chi connectivity index (χ0) is 13.1. The van der Waals surface area contributed by atoms with Gasteiger partial charge in [-0.2, -0.15) is 0 Å². The Kier molecular flexibility index (Phi) is 3.53. The first-order chi connectivity index (χ1) is 9.31. The van der Waals surface area contributed by atoms with Crippen LogP contribution in [0.2, 0.25) is 0 Å². The monoisotopic (exact) mass is 256 g/mol. The third-order valence-electron chi connectivity index (χ3n) is 3.95. The Morgan fingerprint density at radius 1 is 1.21 bits per heavy atom. The van der Waals surface area contributed by atoms with Crippen molar-refractivity contribution in [2.45, 2.75) is 44.6 Å². The zero-order valence-corrected chi connectivity index (χ0v) is 11.1. The fourth-order valence-corrected chi connectivity index (χ4v) is 2.92. The Balaban J connectivity index is 1.61. The summed E-state index contributed by atoms with van der Waals surface area (Å²) in [5, 5.41) is 4.33. The van der Waals surface area contributed by atoms with Crippen molar-refractivity contribution in [3.63, 3.8) is 0 Å². The van der Waals surface area contributed by atoms with Crippen LogP contribution in [-0.2, 0) is 11.2 Å². The molecular weight excluding hydrogens is 236 g/mol. The summed E-state index contributed by atoms with van der Waals surface area (Å²) in [5.41, 5.74) is 2.21. The molecule has 0 saturated heterocycles. The maximum absolute atomic E-state index is 12.0. The van der Waals surface area contributed by atoms with E-state index < -0.39 is 0 Å². The van der Waals surface area contributed by atoms with Gasteiger partial charge >= 0.3 is 0 Å². The molecule has 1 amide bonds. The highest BCUT2D eigenvalue weighted by Gasteiger charge is 2.15. The molecule has 1 aliphatic rings. The van der Waals surface area contributed by atoms with Crippen LogP contribution in [-0.4, -0.2) is 16.9 Å². The molecule has 0 radical (unpaired) electrons. The van der Waals surface area contributed by atoms with Crippen molar-refractivity contribution < 1.29 is 4.79 Å². The molecule has 0 spiro atoms. The van der Waals surface area contributed by atoms with Crippen LogP contribution in [0, 0.1) is 0 Å². The molecule has 0 bridgehead atoms. The molecule has 1 fully saturated rings. The molecule has 19 heavy (non-hydrogen) atoms. The molecule has 0 atom stereocenters. The number of nitrogens with one attached hydrogen (secondary N) is 2. The van der Waals surface area contributed by atoms with E-state index in [1.165, 1.54) is 24.6 Å². The van der Waals surface area contributed by atoms with Gasteiger partial charge in [-0.25, -0.2) is 0 Å². The van der Waals surface area contributed by atoms with Crippen LogP contribution in [0.25, 0.3) is 10.9 Å². The number of fused-ring (bicyclic) bond motifs is 1. The van der Waals surface area contributed by atoms with E-state index in [9.17, 15) is 4.79 Å². The third kappa shape index (κ3) is 2.98. The van der Waals surface area contributed by atoms with Crippen LogP contribution >= 0.6 is 0 Å². The maximum atomic E-state index is 12.0. The van der Waals surface area contributed by atoms with E-state index in [0.717, 1.165) is 23.9 Å². The number of aromatic amines is 1. The molecule has 3 rings (SSSR count). The number of hydrogen-bond donors (Lipinski definition) is 2. The lowest BCUT2D eigenvalue weighted by Gasteiger charge is -2.22. The highest BCUT2D eigenvalue weighted by atomic mass is 16.1. The van der Waals surface area contributed by atoms with Crippen LogP contribution in [0.3, 0.4) is 0 Å². The molecule has 2 N–H and O–H groups in total. The SMILES string of the molecule is O=C(Cc1ccc2[nH]ccc2c1)NC1CCCCC1. The highest BCUT2D eigenvalue weighted by Crippen LogP contribution is 2.18. The van der Waals surface area contributed by atoms with Crippen LogP contribution in [0.1, 0.15) is 37.7 Å². The zero-order valence-electron chi connectivity index (χ0n) is 11.1. The molecule has 3 nitrogen and oxygen atoms in total. The van der Waals surface area contributed by atoms with Crippen LogP contribution in [0.5, 0.6) is 0 Å². The number of aromatic nitrogens is 1. The van der Waals surface area contributed by atoms with Gasteiger partial charge in [0.1, 0.15) is 0 Å². The number of rotatable bonds is 3. The number of amides is 1. The topological polar surface area (TPSA) is 44.9 Å². The molecular formula is C16H20N2O. The van der Waals surface area contributed by atoms with Gasteiger partial charge in [-0.1, -0.05) is 25.3 Å². The quantitative estimate of drug-likeness (QED) is 0.870. The van der Waals surface area contributed by atoms with Gasteiger partial charge in [-0.3, -0.25) is 4.79 Å². The van der Waals surface area contributed by atoms with Crippen molar-refractivity contribution >= 4 is 16.8 Å². The molecule has 2 aromatic rings. The normalized spacial score (nSPS) is 16.6. The van der Waals surface area contributed by atoms with Crippen molar-refractivity contribution in [3.05, 3.63) is 36.0 Å². The van der Waals surface area contributed by atoms with Crippen LogP contribution in [0.15, 0.2) is 30.5 Å². The van der Waals surface area contributed by atoms with Crippen LogP contribution < -0.4 is 5.32 Å². The van der Waals surface area contributed by atoms with Crippen molar-refractivity contribution in [2.75, 3.05) is 0 Å². The van der Waals surface area contributed by atoms with Crippen molar-refractivity contribution in [2.24, 2.45) is 0 Å². The maximum Gasteiger partial charge on any atom is 0.224 e. The van der Waals surface area contributed by atoms with Gasteiger partial charge in [0, 0.05) is 17.8 Å². The Bertz CT molecular complexity index is 567. The minimum atomic E-state index is 0.154. The first-order valence-electron chi connectivity index (χ1n) is 7.17. The molecule has 100 valence electrons. The summed E-state index contributed by atoms with van der Waals surface area (Å²) in [5.74, 6) is 0.154. The molecule has 1 saturated carbocycles. The number of benzene rings is 1. The molecule has 3 heteroatoms. The predicted octanol–water partition coefficient (Wildman–Crippen LogP) is 3.16. The predicted molar refractivity (Wildman–Crippen MR) is 77.0 cm³/mol. The van der Waals surface area contributed by atoms with E-state index in [1.54, 1.807) is 0 Å². The van der Waals surface area contributed by atoms with Gasteiger partial charge in [0.15, 0.2) is 0 Å². The first kappa shape index (κ1) is 12.3. The summed E-state index contributed by atoms with van der Waals surface area (Å²) in [6.07, 6.45) is 8.51. The number of H-pyrrole nitrogens is 1. The minimum absolute atomic E-state index is 0.154. The molecule has 1 aromatic heterocycles. The fourth-order valence-electron chi connectivity index (χ4n) is 2.92. The van der Waals surface area contributed by atoms with Crippen molar-refractivity contribution in [3.8, 4) is 0 Å². The van der Waals surface area contributed by atoms with Gasteiger partial charge in [0.25, 0.3) is 0 Å². The van der Waals surface area contributed by atoms with E-state index in [0.29, 0.717) is 12.5 Å². The molecule has 1 aromatic carbocycles. The standard InChI is InChI=1S/C16H20N2O/c19-16(18-14-4-2-1-3-5-14)11-12-6-7-15-13(10-12)8-9-17-15/h6-10,14,17H,1-5,11H2,(H,18,19). The number of hydrogen-bond acceptors (Lipinski definition) is 1. The average molecular weight is 256 g/mol. The van der Waals surface area contributed by atoms with Gasteiger partial charge in [-0.05, 0) is 42.0 Å². The van der Waals surface area contributed by atoms with Gasteiger partial charge in [-0.15, -0.1) is 0 Å². The summed E-state index contributed by atoms with van der Waals surface area (Å²) < 4.78 is 0. The van der Waals surface area contributed by atoms with Gasteiger partial charge in [0.05, 0.1) is 6.42 Å². The lowest BCUT2D eigenvalue weighted by atomic mass is 9.95. The van der Waals surface area contributed by atoms with E-state index >= 15 is 0 Å². The third-order valence-corrected chi connectivity index (χ3v) is 3.95. The molecule has 1 heterocycles. The Hall–Kier alpha value is -1.77. The lowest BCUT2D eigenvalue weighted by molar-refractivity contribution is -0.121. The Morgan fingerprint density at radius 2 is 2.05 bits per heavy atom. The molecule has 0 unspecified atom stereocenters. The summed E-state index contributed by atoms with van der Waals surface area (Å²) in [6, 6.07) is 8.60. The van der Waals surface area contributed by atoms with Crippen LogP contribution in [0.4, 0.5) is 0 Å². The highest BCUT2D eigenvalue weighted by molar-refractivity contribution is 5.83. The summed E-state index contributed by atoms with van der Waals surface area (Å²) >= 11 is 0. The molecule has 1 aliphatic carbocycles. The first-order valence-corrected chi connectivity index (χ1v) is 7.17. The largest absolute Gasteiger partial charge is 0.361 e.